The highest BCUT2D eigenvalue weighted by atomic mass is 16.3. The van der Waals surface area contributed by atoms with Gasteiger partial charge in [0, 0.05) is 33.6 Å². The number of allylic oxidation sites excluding steroid dienone is 2. The maximum absolute atomic E-state index is 14.0. The van der Waals surface area contributed by atoms with Crippen molar-refractivity contribution in [2.75, 3.05) is 10.6 Å². The summed E-state index contributed by atoms with van der Waals surface area (Å²) >= 11 is 0. The number of anilines is 2. The first-order valence-electron chi connectivity index (χ1n) is 14.4. The van der Waals surface area contributed by atoms with Gasteiger partial charge in [-0.2, -0.15) is 0 Å². The van der Waals surface area contributed by atoms with E-state index in [1.165, 1.54) is 32.7 Å². The summed E-state index contributed by atoms with van der Waals surface area (Å²) in [4.78, 5) is 0. The first-order valence-corrected chi connectivity index (χ1v) is 14.4. The molecule has 0 bridgehead atoms. The zero-order chi connectivity index (χ0) is 28.1. The molecule has 1 fully saturated rings. The molecule has 1 aliphatic carbocycles. The fourth-order valence-electron chi connectivity index (χ4n) is 8.14. The lowest BCUT2D eigenvalue weighted by Gasteiger charge is -2.56. The van der Waals surface area contributed by atoms with Gasteiger partial charge in [0.25, 0.3) is 0 Å². The third kappa shape index (κ3) is 3.27. The topological polar surface area (TPSA) is 67.3 Å². The fraction of sp³-hybridized carbons (Fsp3) is 0.333. The molecule has 4 nitrogen and oxygen atoms in total. The van der Waals surface area contributed by atoms with E-state index in [-0.39, 0.29) is 10.8 Å². The van der Waals surface area contributed by atoms with Gasteiger partial charge >= 0.3 is 0 Å². The number of hydrogen-bond donors (Lipinski definition) is 3. The lowest BCUT2D eigenvalue weighted by atomic mass is 9.61. The summed E-state index contributed by atoms with van der Waals surface area (Å²) in [5, 5.41) is 37.7. The molecule has 40 heavy (non-hydrogen) atoms. The number of hydrogen-bond acceptors (Lipinski definition) is 4. The number of fused-ring (bicyclic) bond motifs is 6. The van der Waals surface area contributed by atoms with E-state index in [2.05, 4.69) is 111 Å². The van der Waals surface area contributed by atoms with Gasteiger partial charge in [-0.05, 0) is 81.6 Å². The second-order valence-corrected chi connectivity index (χ2v) is 13.0. The van der Waals surface area contributed by atoms with Gasteiger partial charge < -0.3 is 20.8 Å². The van der Waals surface area contributed by atoms with Crippen LogP contribution in [0.3, 0.4) is 0 Å². The molecule has 0 saturated heterocycles. The summed E-state index contributed by atoms with van der Waals surface area (Å²) in [5.41, 5.74) is 8.14. The molecule has 0 aromatic heterocycles. The van der Waals surface area contributed by atoms with Crippen LogP contribution in [0.2, 0.25) is 0 Å². The maximum Gasteiger partial charge on any atom is 0.0651 e. The quantitative estimate of drug-likeness (QED) is 0.262. The molecule has 3 aliphatic rings. The Morgan fingerprint density at radius 1 is 0.650 bits per heavy atom. The molecule has 0 spiro atoms. The van der Waals surface area contributed by atoms with Gasteiger partial charge in [0.15, 0.2) is 0 Å². The standard InChI is InChI=1S/C36H37N2O2/c1-19(33-35(3,4)29-23-13-9-7-11-21(23)15-17-25(29)37-33)27-31(39)28(32(27)40)20(2)34-36(5,6)30-24-14-10-8-12-22(24)16-18-26(30)38-34/h7-18,27-28,31-32,37-39H,1-6H3/q-1/b33-19-,34-20-. The molecule has 7 rings (SSSR count). The van der Waals surface area contributed by atoms with Crippen molar-refractivity contribution in [2.45, 2.75) is 64.6 Å². The van der Waals surface area contributed by atoms with E-state index in [0.29, 0.717) is 0 Å². The van der Waals surface area contributed by atoms with Gasteiger partial charge in [-0.1, -0.05) is 88.4 Å². The molecule has 204 valence electrons. The molecule has 0 amide bonds. The van der Waals surface area contributed by atoms with Crippen LogP contribution in [0.4, 0.5) is 11.4 Å². The molecule has 4 aromatic carbocycles. The maximum atomic E-state index is 14.0. The lowest BCUT2D eigenvalue weighted by Crippen LogP contribution is -2.63. The van der Waals surface area contributed by atoms with Crippen molar-refractivity contribution in [3.8, 4) is 0 Å². The minimum Gasteiger partial charge on any atom is -0.851 e. The van der Waals surface area contributed by atoms with Crippen molar-refractivity contribution in [1.82, 2.24) is 0 Å². The third-order valence-electron chi connectivity index (χ3n) is 10.1. The Balaban J connectivity index is 1.24. The zero-order valence-corrected chi connectivity index (χ0v) is 24.1. The van der Waals surface area contributed by atoms with Crippen molar-refractivity contribution >= 4 is 32.9 Å². The Kier molecular flexibility index (Phi) is 5.36. The Morgan fingerprint density at radius 2 is 1.05 bits per heavy atom. The van der Waals surface area contributed by atoms with Crippen LogP contribution >= 0.6 is 0 Å². The highest BCUT2D eigenvalue weighted by molar-refractivity contribution is 5.95. The van der Waals surface area contributed by atoms with E-state index in [1.54, 1.807) is 0 Å². The van der Waals surface area contributed by atoms with E-state index in [4.69, 9.17) is 0 Å². The van der Waals surface area contributed by atoms with Crippen molar-refractivity contribution in [2.24, 2.45) is 11.8 Å². The molecule has 2 aliphatic heterocycles. The van der Waals surface area contributed by atoms with E-state index < -0.39 is 24.0 Å². The molecule has 0 radical (unpaired) electrons. The second-order valence-electron chi connectivity index (χ2n) is 13.0. The van der Waals surface area contributed by atoms with Crippen LogP contribution in [-0.4, -0.2) is 17.3 Å². The largest absolute Gasteiger partial charge is 0.851 e. The van der Waals surface area contributed by atoms with Crippen LogP contribution < -0.4 is 15.7 Å². The summed E-state index contributed by atoms with van der Waals surface area (Å²) < 4.78 is 0. The summed E-state index contributed by atoms with van der Waals surface area (Å²) in [6.07, 6.45) is -1.63. The first kappa shape index (κ1) is 25.4. The normalized spacial score (nSPS) is 28.4. The Hall–Kier alpha value is -3.60. The van der Waals surface area contributed by atoms with Crippen LogP contribution in [0.25, 0.3) is 21.5 Å². The van der Waals surface area contributed by atoms with Crippen LogP contribution in [0.15, 0.2) is 95.3 Å². The summed E-state index contributed by atoms with van der Waals surface area (Å²) in [7, 11) is 0. The predicted octanol–water partition coefficient (Wildman–Crippen LogP) is 6.98. The molecule has 1 saturated carbocycles. The van der Waals surface area contributed by atoms with E-state index in [9.17, 15) is 10.2 Å². The SMILES string of the molecule is C/C(=C1/Nc2ccc3ccccc3c2C1(C)C)C1C([O-])C(/C(C)=C2\Nc3ccc4ccccc4c3C2(C)C)C1O. The molecule has 4 heteroatoms. The van der Waals surface area contributed by atoms with Gasteiger partial charge in [-0.3, -0.25) is 0 Å². The molecular weight excluding hydrogens is 492 g/mol. The molecule has 3 N–H and O–H groups in total. The van der Waals surface area contributed by atoms with Crippen molar-refractivity contribution in [3.05, 3.63) is 106 Å². The number of rotatable bonds is 2. The number of aliphatic hydroxyl groups is 1. The predicted molar refractivity (Wildman–Crippen MR) is 163 cm³/mol. The van der Waals surface area contributed by atoms with Crippen molar-refractivity contribution in [3.63, 3.8) is 0 Å². The van der Waals surface area contributed by atoms with Crippen LogP contribution in [0.1, 0.15) is 52.7 Å². The number of benzene rings is 4. The van der Waals surface area contributed by atoms with Crippen molar-refractivity contribution in [1.29, 1.82) is 0 Å². The van der Waals surface area contributed by atoms with Gasteiger partial charge in [-0.15, -0.1) is 6.10 Å². The van der Waals surface area contributed by atoms with Gasteiger partial charge in [0.05, 0.1) is 6.10 Å². The summed E-state index contributed by atoms with van der Waals surface area (Å²) in [5.74, 6) is -0.869. The molecule has 4 aromatic rings. The van der Waals surface area contributed by atoms with Crippen LogP contribution in [0, 0.1) is 11.8 Å². The van der Waals surface area contributed by atoms with Gasteiger partial charge in [0.2, 0.25) is 0 Å². The van der Waals surface area contributed by atoms with Crippen molar-refractivity contribution < 1.29 is 10.2 Å². The number of aliphatic hydroxyl groups excluding tert-OH is 1. The molecular formula is C36H37N2O2-. The van der Waals surface area contributed by atoms with Gasteiger partial charge in [0.1, 0.15) is 0 Å². The summed E-state index contributed by atoms with van der Waals surface area (Å²) in [6.45, 7) is 13.0. The average Bonchev–Trinajstić information content (AvgIpc) is 3.37. The molecule has 2 unspecified atom stereocenters. The van der Waals surface area contributed by atoms with Gasteiger partial charge in [-0.25, -0.2) is 0 Å². The minimum atomic E-state index is -0.911. The fourth-order valence-corrected chi connectivity index (χ4v) is 8.14. The smallest absolute Gasteiger partial charge is 0.0651 e. The lowest BCUT2D eigenvalue weighted by molar-refractivity contribution is -0.476. The minimum absolute atomic E-state index is 0.296. The monoisotopic (exact) mass is 529 g/mol. The van der Waals surface area contributed by atoms with Crippen LogP contribution in [-0.2, 0) is 10.8 Å². The zero-order valence-electron chi connectivity index (χ0n) is 24.1. The molecule has 2 atom stereocenters. The third-order valence-corrected chi connectivity index (χ3v) is 10.1. The van der Waals surface area contributed by atoms with E-state index in [0.717, 1.165) is 33.9 Å². The average molecular weight is 530 g/mol. The second kappa shape index (κ2) is 8.45. The number of nitrogens with one attached hydrogen (secondary N) is 2. The highest BCUT2D eigenvalue weighted by Crippen LogP contribution is 2.54. The van der Waals surface area contributed by atoms with Crippen LogP contribution in [0.5, 0.6) is 0 Å². The Labute approximate surface area is 236 Å². The van der Waals surface area contributed by atoms with E-state index in [1.807, 2.05) is 13.8 Å². The highest BCUT2D eigenvalue weighted by Gasteiger charge is 2.50. The van der Waals surface area contributed by atoms with E-state index >= 15 is 0 Å². The Bertz CT molecular complexity index is 1640. The molecule has 2 heterocycles. The Morgan fingerprint density at radius 3 is 1.45 bits per heavy atom. The first-order chi connectivity index (χ1) is 19.0. The summed E-state index contributed by atoms with van der Waals surface area (Å²) in [6, 6.07) is 25.5.